The molecule has 1 amide bonds. The molecule has 2 aliphatic heterocycles. The smallest absolute Gasteiger partial charge is 0.245 e. The predicted molar refractivity (Wildman–Crippen MR) is 155 cm³/mol. The second-order valence-electron chi connectivity index (χ2n) is 10.1. The highest BCUT2D eigenvalue weighted by Crippen LogP contribution is 2.35. The van der Waals surface area contributed by atoms with Crippen molar-refractivity contribution in [3.05, 3.63) is 83.7 Å². The summed E-state index contributed by atoms with van der Waals surface area (Å²) < 4.78 is 71.0. The first-order chi connectivity index (χ1) is 19.9. The first-order valence-electron chi connectivity index (χ1n) is 13.0. The summed E-state index contributed by atoms with van der Waals surface area (Å²) in [6.07, 6.45) is 1.37. The SMILES string of the molecule is CS(=O)(=O)CC1CCN=C(c2cc3c(cc2F)S(=O)(=O)C[C@H](N)C(=O)N3Cc2ccc(Oc3ccccc3)cc2)N=N1. The normalized spacial score (nSPS) is 20.3. The van der Waals surface area contributed by atoms with Gasteiger partial charge in [0.2, 0.25) is 5.91 Å². The molecule has 3 aromatic rings. The van der Waals surface area contributed by atoms with Crippen molar-refractivity contribution in [2.75, 3.05) is 29.2 Å². The van der Waals surface area contributed by atoms with E-state index in [1.807, 2.05) is 30.3 Å². The van der Waals surface area contributed by atoms with Gasteiger partial charge < -0.3 is 15.4 Å². The molecule has 11 nitrogen and oxygen atoms in total. The fourth-order valence-electron chi connectivity index (χ4n) is 4.67. The molecule has 220 valence electrons. The molecule has 0 aromatic heterocycles. The Balaban J connectivity index is 1.50. The third kappa shape index (κ3) is 6.72. The molecule has 2 N–H and O–H groups in total. The number of rotatable bonds is 7. The van der Waals surface area contributed by atoms with Crippen LogP contribution < -0.4 is 15.4 Å². The van der Waals surface area contributed by atoms with Gasteiger partial charge in [0.05, 0.1) is 46.3 Å². The van der Waals surface area contributed by atoms with Crippen LogP contribution in [0.5, 0.6) is 11.5 Å². The summed E-state index contributed by atoms with van der Waals surface area (Å²) >= 11 is 0. The summed E-state index contributed by atoms with van der Waals surface area (Å²) in [5, 5.41) is 8.03. The lowest BCUT2D eigenvalue weighted by Crippen LogP contribution is -2.45. The number of ether oxygens (including phenoxy) is 1. The second-order valence-corrected chi connectivity index (χ2v) is 14.3. The fourth-order valence-corrected chi connectivity index (χ4v) is 7.17. The maximum Gasteiger partial charge on any atom is 0.245 e. The minimum Gasteiger partial charge on any atom is -0.457 e. The number of carbonyl (C=O) groups excluding carboxylic acids is 1. The van der Waals surface area contributed by atoms with Crippen molar-refractivity contribution in [3.8, 4) is 11.5 Å². The van der Waals surface area contributed by atoms with Gasteiger partial charge in [0.15, 0.2) is 15.7 Å². The summed E-state index contributed by atoms with van der Waals surface area (Å²) in [6, 6.07) is 16.1. The topological polar surface area (TPSA) is 161 Å². The molecule has 0 saturated carbocycles. The summed E-state index contributed by atoms with van der Waals surface area (Å²) in [7, 11) is -7.48. The zero-order chi connectivity index (χ0) is 30.1. The van der Waals surface area contributed by atoms with E-state index >= 15 is 4.39 Å². The molecule has 0 fully saturated rings. The molecular weight excluding hydrogens is 585 g/mol. The van der Waals surface area contributed by atoms with E-state index in [9.17, 15) is 21.6 Å². The first kappa shape index (κ1) is 29.5. The van der Waals surface area contributed by atoms with E-state index in [0.717, 1.165) is 12.3 Å². The molecule has 2 aliphatic rings. The van der Waals surface area contributed by atoms with Crippen molar-refractivity contribution in [1.82, 2.24) is 0 Å². The maximum atomic E-state index is 15.4. The standard InChI is InChI=1S/C28H28FN5O6S2/c1-41(36,37)16-19-11-12-31-27(33-32-19)22-13-25-26(14-23(22)29)42(38,39)17-24(30)28(35)34(25)15-18-7-9-21(10-8-18)40-20-5-3-2-4-6-20/h2-10,13-14,19,24H,11-12,15-17,30H2,1H3/t19?,24-/m0/s1. The Morgan fingerprint density at radius 1 is 1.07 bits per heavy atom. The average molecular weight is 614 g/mol. The highest BCUT2D eigenvalue weighted by atomic mass is 32.2. The third-order valence-electron chi connectivity index (χ3n) is 6.68. The largest absolute Gasteiger partial charge is 0.457 e. The number of amidine groups is 1. The summed E-state index contributed by atoms with van der Waals surface area (Å²) in [4.78, 5) is 18.5. The van der Waals surface area contributed by atoms with Crippen LogP contribution in [0.1, 0.15) is 17.5 Å². The van der Waals surface area contributed by atoms with Crippen LogP contribution >= 0.6 is 0 Å². The van der Waals surface area contributed by atoms with Crippen molar-refractivity contribution in [3.63, 3.8) is 0 Å². The molecule has 0 spiro atoms. The van der Waals surface area contributed by atoms with Gasteiger partial charge in [-0.2, -0.15) is 5.11 Å². The highest BCUT2D eigenvalue weighted by Gasteiger charge is 2.37. The van der Waals surface area contributed by atoms with E-state index in [1.165, 1.54) is 11.0 Å². The Labute approximate surface area is 242 Å². The number of hydrogen-bond donors (Lipinski definition) is 1. The summed E-state index contributed by atoms with van der Waals surface area (Å²) in [5.74, 6) is -1.44. The van der Waals surface area contributed by atoms with Gasteiger partial charge in [0.1, 0.15) is 27.2 Å². The van der Waals surface area contributed by atoms with Gasteiger partial charge in [-0.1, -0.05) is 30.3 Å². The molecule has 2 heterocycles. The number of nitrogens with two attached hydrogens (primary N) is 1. The van der Waals surface area contributed by atoms with Crippen LogP contribution in [0.4, 0.5) is 10.1 Å². The molecule has 0 saturated heterocycles. The van der Waals surface area contributed by atoms with E-state index in [4.69, 9.17) is 10.5 Å². The molecule has 0 radical (unpaired) electrons. The lowest BCUT2D eigenvalue weighted by molar-refractivity contribution is -0.119. The Morgan fingerprint density at radius 2 is 1.76 bits per heavy atom. The number of anilines is 1. The minimum absolute atomic E-state index is 0.0594. The van der Waals surface area contributed by atoms with E-state index in [0.29, 0.717) is 17.1 Å². The van der Waals surface area contributed by atoms with Crippen LogP contribution in [0.25, 0.3) is 0 Å². The molecule has 14 heteroatoms. The van der Waals surface area contributed by atoms with Crippen LogP contribution in [0.2, 0.25) is 0 Å². The zero-order valence-electron chi connectivity index (χ0n) is 22.6. The van der Waals surface area contributed by atoms with Gasteiger partial charge in [-0.05, 0) is 48.4 Å². The molecule has 42 heavy (non-hydrogen) atoms. The Morgan fingerprint density at radius 3 is 2.45 bits per heavy atom. The number of hydrogen-bond acceptors (Lipinski definition) is 10. The summed E-state index contributed by atoms with van der Waals surface area (Å²) in [6.45, 7) is 0.0679. The Kier molecular flexibility index (Phi) is 8.21. The van der Waals surface area contributed by atoms with Gasteiger partial charge in [0, 0.05) is 12.8 Å². The van der Waals surface area contributed by atoms with Crippen molar-refractivity contribution in [2.24, 2.45) is 21.0 Å². The molecular formula is C28H28FN5O6S2. The highest BCUT2D eigenvalue weighted by molar-refractivity contribution is 7.91. The number of fused-ring (bicyclic) bond motifs is 1. The van der Waals surface area contributed by atoms with E-state index in [2.05, 4.69) is 15.2 Å². The number of nitrogens with zero attached hydrogens (tertiary/aromatic N) is 4. The van der Waals surface area contributed by atoms with Crippen molar-refractivity contribution in [1.29, 1.82) is 0 Å². The Hall–Kier alpha value is -4.01. The first-order valence-corrected chi connectivity index (χ1v) is 16.7. The van der Waals surface area contributed by atoms with Gasteiger partial charge in [-0.25, -0.2) is 21.2 Å². The van der Waals surface area contributed by atoms with Crippen molar-refractivity contribution < 1.29 is 30.8 Å². The van der Waals surface area contributed by atoms with Crippen molar-refractivity contribution >= 4 is 37.1 Å². The van der Waals surface area contributed by atoms with Gasteiger partial charge in [-0.3, -0.25) is 9.79 Å². The van der Waals surface area contributed by atoms with Crippen molar-refractivity contribution in [2.45, 2.75) is 29.9 Å². The lowest BCUT2D eigenvalue weighted by Gasteiger charge is -2.25. The minimum atomic E-state index is -4.14. The number of aliphatic imine (C=N–C) groups is 1. The van der Waals surface area contributed by atoms with Gasteiger partial charge in [0.25, 0.3) is 0 Å². The molecule has 1 unspecified atom stereocenters. The van der Waals surface area contributed by atoms with Gasteiger partial charge >= 0.3 is 0 Å². The average Bonchev–Trinajstić information content (AvgIpc) is 3.19. The molecule has 3 aromatic carbocycles. The van der Waals surface area contributed by atoms with E-state index in [-0.39, 0.29) is 47.2 Å². The lowest BCUT2D eigenvalue weighted by atomic mass is 10.1. The third-order valence-corrected chi connectivity index (χ3v) is 9.46. The summed E-state index contributed by atoms with van der Waals surface area (Å²) in [5.41, 5.74) is 6.40. The molecule has 5 rings (SSSR count). The number of benzene rings is 3. The molecule has 0 aliphatic carbocycles. The number of sulfone groups is 2. The van der Waals surface area contributed by atoms with Crippen LogP contribution in [-0.2, 0) is 31.0 Å². The van der Waals surface area contributed by atoms with E-state index in [1.54, 1.807) is 24.3 Å². The Bertz CT molecular complexity index is 1780. The predicted octanol–water partition coefficient (Wildman–Crippen LogP) is 3.28. The van der Waals surface area contributed by atoms with Gasteiger partial charge in [-0.15, -0.1) is 5.11 Å². The monoisotopic (exact) mass is 613 g/mol. The number of carbonyl (C=O) groups is 1. The number of halogens is 1. The van der Waals surface area contributed by atoms with Crippen LogP contribution in [-0.4, -0.2) is 65.0 Å². The van der Waals surface area contributed by atoms with Crippen LogP contribution in [0, 0.1) is 5.82 Å². The van der Waals surface area contributed by atoms with Crippen LogP contribution in [0.3, 0.4) is 0 Å². The van der Waals surface area contributed by atoms with Crippen LogP contribution in [0.15, 0.2) is 86.8 Å². The quantitative estimate of drug-likeness (QED) is 0.428. The second kappa shape index (κ2) is 11.7. The molecule has 0 bridgehead atoms. The number of amides is 1. The molecule has 2 atom stereocenters. The van der Waals surface area contributed by atoms with E-state index < -0.39 is 49.2 Å². The number of para-hydroxylation sites is 1. The number of azo groups is 1. The zero-order valence-corrected chi connectivity index (χ0v) is 24.2. The fraction of sp³-hybridized carbons (Fsp3) is 0.286. The maximum absolute atomic E-state index is 15.4.